The lowest BCUT2D eigenvalue weighted by Gasteiger charge is -2.20. The Morgan fingerprint density at radius 1 is 1.39 bits per heavy atom. The van der Waals surface area contributed by atoms with Crippen molar-refractivity contribution in [3.05, 3.63) is 28.8 Å². The summed E-state index contributed by atoms with van der Waals surface area (Å²) in [5.41, 5.74) is -0.990. The Morgan fingerprint density at radius 2 is 2.06 bits per heavy atom. The molecule has 1 fully saturated rings. The summed E-state index contributed by atoms with van der Waals surface area (Å²) in [5, 5.41) is 2.96. The molecule has 100 valence electrons. The van der Waals surface area contributed by atoms with Crippen molar-refractivity contribution in [3.8, 4) is 5.75 Å². The molecule has 1 aromatic rings. The van der Waals surface area contributed by atoms with Crippen LogP contribution in [0.1, 0.15) is 18.4 Å². The number of benzene rings is 1. The third-order valence-electron chi connectivity index (χ3n) is 3.14. The lowest BCUT2D eigenvalue weighted by molar-refractivity contribution is -0.166. The van der Waals surface area contributed by atoms with Crippen molar-refractivity contribution in [2.45, 2.75) is 31.1 Å². The van der Waals surface area contributed by atoms with E-state index < -0.39 is 11.7 Å². The summed E-state index contributed by atoms with van der Waals surface area (Å²) in [5.74, 6) is 0.511. The van der Waals surface area contributed by atoms with E-state index in [0.717, 1.165) is 0 Å². The lowest BCUT2D eigenvalue weighted by atomic mass is 10.2. The monoisotopic (exact) mass is 279 g/mol. The average Bonchev–Trinajstić information content (AvgIpc) is 3.07. The van der Waals surface area contributed by atoms with Crippen LogP contribution < -0.4 is 10.1 Å². The second kappa shape index (κ2) is 4.63. The van der Waals surface area contributed by atoms with E-state index >= 15 is 0 Å². The third kappa shape index (κ3) is 2.57. The second-order valence-corrected chi connectivity index (χ2v) is 4.81. The Kier molecular flexibility index (Phi) is 3.47. The summed E-state index contributed by atoms with van der Waals surface area (Å²) in [6.45, 7) is 0.142. The maximum atomic E-state index is 12.7. The number of ether oxygens (including phenoxy) is 1. The summed E-state index contributed by atoms with van der Waals surface area (Å²) in [6.07, 6.45) is -3.91. The van der Waals surface area contributed by atoms with Crippen LogP contribution in [0.4, 0.5) is 13.2 Å². The minimum Gasteiger partial charge on any atom is -0.495 e. The minimum absolute atomic E-state index is 0.139. The van der Waals surface area contributed by atoms with Gasteiger partial charge in [0, 0.05) is 6.54 Å². The first-order valence-electron chi connectivity index (χ1n) is 5.52. The smallest absolute Gasteiger partial charge is 0.406 e. The predicted molar refractivity (Wildman–Crippen MR) is 62.9 cm³/mol. The van der Waals surface area contributed by atoms with E-state index in [4.69, 9.17) is 16.3 Å². The van der Waals surface area contributed by atoms with Gasteiger partial charge in [0.05, 0.1) is 12.1 Å². The van der Waals surface area contributed by atoms with Crippen molar-refractivity contribution in [1.29, 1.82) is 0 Å². The number of nitrogens with one attached hydrogen (secondary N) is 1. The number of methoxy groups -OCH3 is 1. The molecule has 0 radical (unpaired) electrons. The van der Waals surface area contributed by atoms with Gasteiger partial charge >= 0.3 is 6.18 Å². The zero-order valence-corrected chi connectivity index (χ0v) is 10.5. The zero-order valence-electron chi connectivity index (χ0n) is 9.77. The van der Waals surface area contributed by atoms with Gasteiger partial charge in [-0.25, -0.2) is 0 Å². The fourth-order valence-electron chi connectivity index (χ4n) is 1.78. The summed E-state index contributed by atoms with van der Waals surface area (Å²) in [4.78, 5) is 0. The van der Waals surface area contributed by atoms with Gasteiger partial charge in [-0.2, -0.15) is 13.2 Å². The van der Waals surface area contributed by atoms with Gasteiger partial charge in [0.25, 0.3) is 0 Å². The summed E-state index contributed by atoms with van der Waals surface area (Å²) in [7, 11) is 1.49. The minimum atomic E-state index is -4.19. The Hall–Kier alpha value is -0.940. The Morgan fingerprint density at radius 3 is 2.50 bits per heavy atom. The Balaban J connectivity index is 2.01. The van der Waals surface area contributed by atoms with Crippen LogP contribution in [0.15, 0.2) is 18.2 Å². The highest BCUT2D eigenvalue weighted by molar-refractivity contribution is 6.32. The van der Waals surface area contributed by atoms with Gasteiger partial charge in [0.15, 0.2) is 0 Å². The number of alkyl halides is 3. The number of hydrogen-bond donors (Lipinski definition) is 1. The van der Waals surface area contributed by atoms with Crippen LogP contribution in [-0.4, -0.2) is 18.8 Å². The molecule has 0 spiro atoms. The Bertz CT molecular complexity index is 443. The molecule has 6 heteroatoms. The molecule has 0 amide bonds. The van der Waals surface area contributed by atoms with E-state index in [-0.39, 0.29) is 19.4 Å². The molecule has 1 aliphatic rings. The maximum absolute atomic E-state index is 12.7. The van der Waals surface area contributed by atoms with Crippen molar-refractivity contribution in [2.75, 3.05) is 7.11 Å². The van der Waals surface area contributed by atoms with Crippen molar-refractivity contribution in [1.82, 2.24) is 5.32 Å². The molecule has 0 unspecified atom stereocenters. The van der Waals surface area contributed by atoms with Gasteiger partial charge in [0.1, 0.15) is 11.3 Å². The molecule has 0 bridgehead atoms. The highest BCUT2D eigenvalue weighted by Crippen LogP contribution is 2.49. The van der Waals surface area contributed by atoms with Crippen LogP contribution in [0.3, 0.4) is 0 Å². The SMILES string of the molecule is COc1ccc(CNC2(C(F)(F)F)CC2)cc1Cl. The molecule has 0 aromatic heterocycles. The molecular formula is C12H13ClF3NO. The van der Waals surface area contributed by atoms with E-state index in [1.807, 2.05) is 0 Å². The maximum Gasteiger partial charge on any atom is 0.406 e. The van der Waals surface area contributed by atoms with Gasteiger partial charge in [0.2, 0.25) is 0 Å². The van der Waals surface area contributed by atoms with Crippen LogP contribution in [0.2, 0.25) is 5.02 Å². The van der Waals surface area contributed by atoms with E-state index in [1.54, 1.807) is 18.2 Å². The summed E-state index contributed by atoms with van der Waals surface area (Å²) >= 11 is 5.91. The molecule has 0 aliphatic heterocycles. The normalized spacial score (nSPS) is 17.6. The molecule has 1 saturated carbocycles. The zero-order chi connectivity index (χ0) is 13.4. The van der Waals surface area contributed by atoms with Gasteiger partial charge in [-0.1, -0.05) is 17.7 Å². The van der Waals surface area contributed by atoms with E-state index in [1.165, 1.54) is 7.11 Å². The molecule has 0 heterocycles. The number of hydrogen-bond acceptors (Lipinski definition) is 2. The van der Waals surface area contributed by atoms with Gasteiger partial charge < -0.3 is 4.74 Å². The van der Waals surface area contributed by atoms with Crippen molar-refractivity contribution >= 4 is 11.6 Å². The molecule has 2 rings (SSSR count). The third-order valence-corrected chi connectivity index (χ3v) is 3.44. The summed E-state index contributed by atoms with van der Waals surface area (Å²) < 4.78 is 43.0. The topological polar surface area (TPSA) is 21.3 Å². The molecule has 0 saturated heterocycles. The number of rotatable bonds is 4. The van der Waals surface area contributed by atoms with Gasteiger partial charge in [-0.15, -0.1) is 0 Å². The first-order chi connectivity index (χ1) is 8.38. The molecule has 0 atom stereocenters. The molecular weight excluding hydrogens is 267 g/mol. The van der Waals surface area contributed by atoms with Crippen molar-refractivity contribution in [3.63, 3.8) is 0 Å². The Labute approximate surface area is 108 Å². The van der Waals surface area contributed by atoms with Gasteiger partial charge in [-0.05, 0) is 30.5 Å². The van der Waals surface area contributed by atoms with Crippen LogP contribution in [-0.2, 0) is 6.54 Å². The predicted octanol–water partition coefficient (Wildman–Crippen LogP) is 3.53. The van der Waals surface area contributed by atoms with Crippen LogP contribution in [0, 0.1) is 0 Å². The van der Waals surface area contributed by atoms with E-state index in [0.29, 0.717) is 16.3 Å². The van der Waals surface area contributed by atoms with Crippen molar-refractivity contribution < 1.29 is 17.9 Å². The standard InChI is InChI=1S/C12H13ClF3NO/c1-18-10-3-2-8(6-9(10)13)7-17-11(4-5-11)12(14,15)16/h2-3,6,17H,4-5,7H2,1H3. The van der Waals surface area contributed by atoms with Crippen LogP contribution >= 0.6 is 11.6 Å². The molecule has 1 aliphatic carbocycles. The van der Waals surface area contributed by atoms with E-state index in [9.17, 15) is 13.2 Å². The quantitative estimate of drug-likeness (QED) is 0.910. The van der Waals surface area contributed by atoms with Crippen LogP contribution in [0.25, 0.3) is 0 Å². The first kappa shape index (κ1) is 13.5. The van der Waals surface area contributed by atoms with Gasteiger partial charge in [-0.3, -0.25) is 5.32 Å². The number of halogens is 4. The van der Waals surface area contributed by atoms with Crippen molar-refractivity contribution in [2.24, 2.45) is 0 Å². The first-order valence-corrected chi connectivity index (χ1v) is 5.90. The molecule has 18 heavy (non-hydrogen) atoms. The second-order valence-electron chi connectivity index (χ2n) is 4.40. The lowest BCUT2D eigenvalue weighted by Crippen LogP contribution is -2.44. The molecule has 1 aromatic carbocycles. The average molecular weight is 280 g/mol. The highest BCUT2D eigenvalue weighted by atomic mass is 35.5. The fourth-order valence-corrected chi connectivity index (χ4v) is 2.06. The van der Waals surface area contributed by atoms with Crippen LogP contribution in [0.5, 0.6) is 5.75 Å². The fraction of sp³-hybridized carbons (Fsp3) is 0.500. The van der Waals surface area contributed by atoms with E-state index in [2.05, 4.69) is 5.32 Å². The largest absolute Gasteiger partial charge is 0.495 e. The highest BCUT2D eigenvalue weighted by Gasteiger charge is 2.62. The molecule has 2 nitrogen and oxygen atoms in total. The molecule has 1 N–H and O–H groups in total. The summed E-state index contributed by atoms with van der Waals surface area (Å²) in [6, 6.07) is 4.95.